The van der Waals surface area contributed by atoms with Crippen LogP contribution in [0.15, 0.2) is 18.2 Å². The second-order valence-corrected chi connectivity index (χ2v) is 7.12. The van der Waals surface area contributed by atoms with Gasteiger partial charge in [-0.1, -0.05) is 0 Å². The predicted octanol–water partition coefficient (Wildman–Crippen LogP) is 2.91. The van der Waals surface area contributed by atoms with Crippen LogP contribution in [-0.2, 0) is 4.79 Å². The van der Waals surface area contributed by atoms with E-state index in [1.807, 2.05) is 24.1 Å². The number of benzene rings is 1. The van der Waals surface area contributed by atoms with Crippen LogP contribution in [0.4, 0.5) is 0 Å². The van der Waals surface area contributed by atoms with E-state index in [2.05, 4.69) is 18.9 Å². The first-order valence-corrected chi connectivity index (χ1v) is 9.34. The summed E-state index contributed by atoms with van der Waals surface area (Å²) in [6, 6.07) is 3.87. The summed E-state index contributed by atoms with van der Waals surface area (Å²) in [5.74, 6) is 2.21. The summed E-state index contributed by atoms with van der Waals surface area (Å²) in [7, 11) is 8.75. The van der Waals surface area contributed by atoms with Crippen molar-refractivity contribution in [1.82, 2.24) is 9.80 Å². The van der Waals surface area contributed by atoms with Crippen molar-refractivity contribution in [2.24, 2.45) is 5.92 Å². The number of piperidine rings is 1. The Kier molecular flexibility index (Phi) is 7.54. The van der Waals surface area contributed by atoms with E-state index in [0.29, 0.717) is 23.2 Å². The Labute approximate surface area is 162 Å². The van der Waals surface area contributed by atoms with E-state index >= 15 is 0 Å². The first-order valence-electron chi connectivity index (χ1n) is 9.34. The summed E-state index contributed by atoms with van der Waals surface area (Å²) in [5, 5.41) is 0. The van der Waals surface area contributed by atoms with Crippen molar-refractivity contribution < 1.29 is 19.0 Å². The largest absolute Gasteiger partial charge is 0.493 e. The zero-order valence-corrected chi connectivity index (χ0v) is 17.3. The minimum Gasteiger partial charge on any atom is -0.493 e. The molecule has 1 saturated heterocycles. The Morgan fingerprint density at radius 1 is 1.15 bits per heavy atom. The first-order chi connectivity index (χ1) is 12.9. The average molecular weight is 376 g/mol. The topological polar surface area (TPSA) is 51.2 Å². The highest BCUT2D eigenvalue weighted by molar-refractivity contribution is 5.92. The highest BCUT2D eigenvalue weighted by Crippen LogP contribution is 2.38. The maximum absolute atomic E-state index is 12.6. The number of hydrogen-bond acceptors (Lipinski definition) is 5. The lowest BCUT2D eigenvalue weighted by molar-refractivity contribution is -0.127. The van der Waals surface area contributed by atoms with Crippen LogP contribution < -0.4 is 14.2 Å². The Bertz CT molecular complexity index is 641. The van der Waals surface area contributed by atoms with Gasteiger partial charge in [0.05, 0.1) is 21.3 Å². The SMILES string of the molecule is COc1cc(/C=C/C(=O)N(C)C(C)C2CCN(C)CC2)cc(OC)c1OC. The molecule has 1 amide bonds. The molecule has 1 aromatic rings. The Morgan fingerprint density at radius 3 is 2.19 bits per heavy atom. The van der Waals surface area contributed by atoms with Crippen LogP contribution in [0.25, 0.3) is 6.08 Å². The Balaban J connectivity index is 2.09. The second kappa shape index (κ2) is 9.65. The molecule has 0 bridgehead atoms. The normalized spacial score (nSPS) is 17.0. The van der Waals surface area contributed by atoms with Crippen LogP contribution in [0.3, 0.4) is 0 Å². The second-order valence-electron chi connectivity index (χ2n) is 7.12. The number of ether oxygens (including phenoxy) is 3. The van der Waals surface area contributed by atoms with Gasteiger partial charge in [-0.05, 0) is 69.6 Å². The highest BCUT2D eigenvalue weighted by Gasteiger charge is 2.26. The van der Waals surface area contributed by atoms with Gasteiger partial charge in [0.25, 0.3) is 0 Å². The minimum atomic E-state index is -0.00446. The standard InChI is InChI=1S/C21H32N2O4/c1-15(17-9-11-22(2)12-10-17)23(3)20(24)8-7-16-13-18(25-4)21(27-6)19(14-16)26-5/h7-8,13-15,17H,9-12H2,1-6H3/b8-7+. The molecule has 6 nitrogen and oxygen atoms in total. The van der Waals surface area contributed by atoms with Crippen molar-refractivity contribution in [2.45, 2.75) is 25.8 Å². The summed E-state index contributed by atoms with van der Waals surface area (Å²) >= 11 is 0. The van der Waals surface area contributed by atoms with Gasteiger partial charge < -0.3 is 24.0 Å². The van der Waals surface area contributed by atoms with Gasteiger partial charge in [-0.15, -0.1) is 0 Å². The van der Waals surface area contributed by atoms with Crippen LogP contribution in [0, 0.1) is 5.92 Å². The van der Waals surface area contributed by atoms with E-state index in [4.69, 9.17) is 14.2 Å². The van der Waals surface area contributed by atoms with E-state index in [1.165, 1.54) is 0 Å². The van der Waals surface area contributed by atoms with Gasteiger partial charge in [0.2, 0.25) is 11.7 Å². The van der Waals surface area contributed by atoms with Crippen molar-refractivity contribution in [1.29, 1.82) is 0 Å². The minimum absolute atomic E-state index is 0.00446. The van der Waals surface area contributed by atoms with Crippen LogP contribution in [0.1, 0.15) is 25.3 Å². The van der Waals surface area contributed by atoms with Gasteiger partial charge in [0, 0.05) is 19.2 Å². The molecule has 0 spiro atoms. The van der Waals surface area contributed by atoms with Crippen molar-refractivity contribution in [3.05, 3.63) is 23.8 Å². The number of rotatable bonds is 7. The number of hydrogen-bond donors (Lipinski definition) is 0. The zero-order valence-electron chi connectivity index (χ0n) is 17.3. The van der Waals surface area contributed by atoms with Crippen LogP contribution in [0.2, 0.25) is 0 Å². The molecule has 1 aliphatic heterocycles. The zero-order chi connectivity index (χ0) is 20.0. The summed E-state index contributed by atoms with van der Waals surface area (Å²) in [6.45, 7) is 4.33. The molecule has 1 unspecified atom stereocenters. The first kappa shape index (κ1) is 21.1. The number of methoxy groups -OCH3 is 3. The maximum Gasteiger partial charge on any atom is 0.246 e. The average Bonchev–Trinajstić information content (AvgIpc) is 2.70. The van der Waals surface area contributed by atoms with Crippen molar-refractivity contribution in [3.63, 3.8) is 0 Å². The lowest BCUT2D eigenvalue weighted by Crippen LogP contribution is -2.43. The molecule has 6 heteroatoms. The van der Waals surface area contributed by atoms with Gasteiger partial charge >= 0.3 is 0 Å². The summed E-state index contributed by atoms with van der Waals surface area (Å²) in [4.78, 5) is 16.8. The summed E-state index contributed by atoms with van der Waals surface area (Å²) < 4.78 is 16.1. The molecule has 0 aliphatic carbocycles. The van der Waals surface area contributed by atoms with Gasteiger partial charge in [0.1, 0.15) is 0 Å². The van der Waals surface area contributed by atoms with E-state index < -0.39 is 0 Å². The quantitative estimate of drug-likeness (QED) is 0.685. The molecule has 0 radical (unpaired) electrons. The molecule has 0 N–H and O–H groups in total. The highest BCUT2D eigenvalue weighted by atomic mass is 16.5. The van der Waals surface area contributed by atoms with E-state index in [1.54, 1.807) is 33.5 Å². The van der Waals surface area contributed by atoms with Gasteiger partial charge in [-0.25, -0.2) is 0 Å². The summed E-state index contributed by atoms with van der Waals surface area (Å²) in [5.41, 5.74) is 0.818. The molecule has 1 fully saturated rings. The lowest BCUT2D eigenvalue weighted by atomic mass is 9.89. The van der Waals surface area contributed by atoms with Crippen molar-refractivity contribution >= 4 is 12.0 Å². The Hall–Kier alpha value is -2.21. The van der Waals surface area contributed by atoms with Crippen molar-refractivity contribution in [3.8, 4) is 17.2 Å². The number of likely N-dealkylation sites (N-methyl/N-ethyl adjacent to an activating group) is 1. The van der Waals surface area contributed by atoms with Crippen molar-refractivity contribution in [2.75, 3.05) is 48.5 Å². The van der Waals surface area contributed by atoms with E-state index in [0.717, 1.165) is 31.5 Å². The van der Waals surface area contributed by atoms with Gasteiger partial charge in [-0.3, -0.25) is 4.79 Å². The van der Waals surface area contributed by atoms with E-state index in [9.17, 15) is 4.79 Å². The van der Waals surface area contributed by atoms with Gasteiger partial charge in [0.15, 0.2) is 11.5 Å². The van der Waals surface area contributed by atoms with Crippen LogP contribution in [-0.4, -0.2) is 70.3 Å². The molecule has 1 aromatic carbocycles. The number of carbonyl (C=O) groups excluding carboxylic acids is 1. The molecule has 0 aromatic heterocycles. The fraction of sp³-hybridized carbons (Fsp3) is 0.571. The number of carbonyl (C=O) groups is 1. The van der Waals surface area contributed by atoms with Gasteiger partial charge in [-0.2, -0.15) is 0 Å². The molecule has 1 aliphatic rings. The monoisotopic (exact) mass is 376 g/mol. The molecule has 1 atom stereocenters. The van der Waals surface area contributed by atoms with Crippen LogP contribution in [0.5, 0.6) is 17.2 Å². The smallest absolute Gasteiger partial charge is 0.246 e. The Morgan fingerprint density at radius 2 is 1.70 bits per heavy atom. The summed E-state index contributed by atoms with van der Waals surface area (Å²) in [6.07, 6.45) is 5.65. The lowest BCUT2D eigenvalue weighted by Gasteiger charge is -2.36. The molecule has 0 saturated carbocycles. The fourth-order valence-electron chi connectivity index (χ4n) is 3.51. The molecule has 2 rings (SSSR count). The van der Waals surface area contributed by atoms with E-state index in [-0.39, 0.29) is 11.9 Å². The number of amides is 1. The third-order valence-corrected chi connectivity index (χ3v) is 5.51. The molecule has 150 valence electrons. The predicted molar refractivity (Wildman–Crippen MR) is 108 cm³/mol. The third kappa shape index (κ3) is 5.16. The third-order valence-electron chi connectivity index (χ3n) is 5.51. The molecular formula is C21H32N2O4. The maximum atomic E-state index is 12.6. The molecule has 27 heavy (non-hydrogen) atoms. The number of nitrogens with zero attached hydrogens (tertiary/aromatic N) is 2. The molecular weight excluding hydrogens is 344 g/mol. The number of likely N-dealkylation sites (tertiary alicyclic amines) is 1. The fourth-order valence-corrected chi connectivity index (χ4v) is 3.51. The van der Waals surface area contributed by atoms with Crippen LogP contribution >= 0.6 is 0 Å². The molecule has 1 heterocycles.